The molecule has 1 aliphatic carbocycles. The van der Waals surface area contributed by atoms with Crippen molar-refractivity contribution in [2.45, 2.75) is 45.6 Å². The third kappa shape index (κ3) is 3.37. The fraction of sp³-hybridized carbons (Fsp3) is 0.476. The van der Waals surface area contributed by atoms with Gasteiger partial charge in [0, 0.05) is 31.0 Å². The Bertz CT molecular complexity index is 873. The third-order valence-corrected chi connectivity index (χ3v) is 5.76. The van der Waals surface area contributed by atoms with Crippen LogP contribution in [0.4, 0.5) is 28.8 Å². The number of nitrogen functional groups attached to an aromatic ring is 1. The van der Waals surface area contributed by atoms with Gasteiger partial charge in [0.05, 0.1) is 11.6 Å². The summed E-state index contributed by atoms with van der Waals surface area (Å²) in [5.74, 6) is 1.45. The summed E-state index contributed by atoms with van der Waals surface area (Å²) in [6.45, 7) is 4.69. The largest absolute Gasteiger partial charge is 0.399 e. The predicted octanol–water partition coefficient (Wildman–Crippen LogP) is 3.55. The van der Waals surface area contributed by atoms with E-state index < -0.39 is 5.41 Å². The highest BCUT2D eigenvalue weighted by molar-refractivity contribution is 6.00. The number of fused-ring (bicyclic) bond motifs is 1. The molecule has 0 atom stereocenters. The second kappa shape index (κ2) is 6.96. The lowest BCUT2D eigenvalue weighted by atomic mass is 9.91. The lowest BCUT2D eigenvalue weighted by Gasteiger charge is -2.34. The van der Waals surface area contributed by atoms with Gasteiger partial charge >= 0.3 is 0 Å². The Morgan fingerprint density at radius 3 is 2.54 bits per heavy atom. The van der Waals surface area contributed by atoms with Crippen LogP contribution in [-0.4, -0.2) is 35.5 Å². The topological polar surface area (TPSA) is 87.4 Å². The van der Waals surface area contributed by atoms with Crippen molar-refractivity contribution in [2.24, 2.45) is 5.41 Å². The second-order valence-corrected chi connectivity index (χ2v) is 8.46. The van der Waals surface area contributed by atoms with Crippen LogP contribution >= 0.6 is 0 Å². The van der Waals surface area contributed by atoms with E-state index in [9.17, 15) is 4.79 Å². The van der Waals surface area contributed by atoms with Crippen molar-refractivity contribution >= 4 is 34.7 Å². The first kappa shape index (κ1) is 18.5. The number of rotatable bonds is 3. The first-order valence-corrected chi connectivity index (χ1v) is 9.89. The molecule has 7 nitrogen and oxygen atoms in total. The molecule has 28 heavy (non-hydrogen) atoms. The first-order chi connectivity index (χ1) is 13.3. The van der Waals surface area contributed by atoms with Gasteiger partial charge in [-0.25, -0.2) is 4.98 Å². The van der Waals surface area contributed by atoms with E-state index in [-0.39, 0.29) is 5.91 Å². The summed E-state index contributed by atoms with van der Waals surface area (Å²) < 4.78 is 0. The molecule has 1 aromatic carbocycles. The minimum absolute atomic E-state index is 0.0945. The monoisotopic (exact) mass is 380 g/mol. The molecule has 1 amide bonds. The Kier molecular flexibility index (Phi) is 4.61. The number of nitrogens with one attached hydrogen (secondary N) is 1. The Morgan fingerprint density at radius 2 is 1.86 bits per heavy atom. The van der Waals surface area contributed by atoms with Crippen LogP contribution in [0.1, 0.15) is 39.5 Å². The van der Waals surface area contributed by atoms with E-state index in [0.29, 0.717) is 24.2 Å². The van der Waals surface area contributed by atoms with Crippen LogP contribution in [0.3, 0.4) is 0 Å². The smallest absolute Gasteiger partial charge is 0.234 e. The number of anilines is 5. The summed E-state index contributed by atoms with van der Waals surface area (Å²) in [5, 5.41) is 3.25. The van der Waals surface area contributed by atoms with Crippen LogP contribution in [0.15, 0.2) is 30.5 Å². The average Bonchev–Trinajstić information content (AvgIpc) is 3.19. The van der Waals surface area contributed by atoms with Gasteiger partial charge in [-0.05, 0) is 51.0 Å². The zero-order chi connectivity index (χ0) is 19.9. The predicted molar refractivity (Wildman–Crippen MR) is 113 cm³/mol. The number of carbonyl (C=O) groups is 1. The maximum atomic E-state index is 13.0. The van der Waals surface area contributed by atoms with Crippen molar-refractivity contribution in [2.75, 3.05) is 34.4 Å². The van der Waals surface area contributed by atoms with Crippen molar-refractivity contribution in [3.63, 3.8) is 0 Å². The van der Waals surface area contributed by atoms with Crippen LogP contribution in [-0.2, 0) is 4.79 Å². The molecule has 2 aromatic rings. The normalized spacial score (nSPS) is 19.5. The minimum atomic E-state index is -0.484. The maximum Gasteiger partial charge on any atom is 0.234 e. The Balaban J connectivity index is 1.74. The van der Waals surface area contributed by atoms with E-state index in [2.05, 4.69) is 15.2 Å². The SMILES string of the molecule is CN1C(=O)C(C)(C)CN(C2CCCC2)c2nc(Nc3ccc(N)cc3)ncc21. The zero-order valence-corrected chi connectivity index (χ0v) is 16.8. The molecule has 0 radical (unpaired) electrons. The molecule has 1 fully saturated rings. The summed E-state index contributed by atoms with van der Waals surface area (Å²) in [6, 6.07) is 7.89. The maximum absolute atomic E-state index is 13.0. The fourth-order valence-corrected chi connectivity index (χ4v) is 4.22. The van der Waals surface area contributed by atoms with Crippen LogP contribution in [0.25, 0.3) is 0 Å². The number of benzene rings is 1. The average molecular weight is 380 g/mol. The number of hydrogen-bond donors (Lipinski definition) is 2. The molecule has 1 aliphatic heterocycles. The molecule has 2 heterocycles. The molecule has 7 heteroatoms. The highest BCUT2D eigenvalue weighted by atomic mass is 16.2. The van der Waals surface area contributed by atoms with Crippen LogP contribution in [0, 0.1) is 5.41 Å². The Labute approximate surface area is 166 Å². The van der Waals surface area contributed by atoms with Gasteiger partial charge in [-0.1, -0.05) is 12.8 Å². The number of nitrogens with zero attached hydrogens (tertiary/aromatic N) is 4. The van der Waals surface area contributed by atoms with Gasteiger partial charge in [-0.15, -0.1) is 0 Å². The van der Waals surface area contributed by atoms with E-state index in [4.69, 9.17) is 10.7 Å². The summed E-state index contributed by atoms with van der Waals surface area (Å²) >= 11 is 0. The Morgan fingerprint density at radius 1 is 1.18 bits per heavy atom. The van der Waals surface area contributed by atoms with Crippen LogP contribution in [0.2, 0.25) is 0 Å². The molecule has 2 aliphatic rings. The molecule has 4 rings (SSSR count). The molecule has 3 N–H and O–H groups in total. The molecular formula is C21H28N6O. The molecular weight excluding hydrogens is 352 g/mol. The van der Waals surface area contributed by atoms with Gasteiger partial charge in [-0.3, -0.25) is 4.79 Å². The molecule has 148 valence electrons. The quantitative estimate of drug-likeness (QED) is 0.792. The van der Waals surface area contributed by atoms with E-state index in [1.54, 1.807) is 11.1 Å². The standard InChI is InChI=1S/C21H28N6O/c1-21(2)13-27(16-6-4-5-7-16)18-17(26(3)19(21)28)12-23-20(25-18)24-15-10-8-14(22)9-11-15/h8-12,16H,4-7,13,22H2,1-3H3,(H,23,24,25). The van der Waals surface area contributed by atoms with Crippen molar-refractivity contribution in [3.8, 4) is 0 Å². The van der Waals surface area contributed by atoms with Gasteiger partial charge in [0.1, 0.15) is 5.69 Å². The van der Waals surface area contributed by atoms with Crippen LogP contribution < -0.4 is 20.9 Å². The summed E-state index contributed by atoms with van der Waals surface area (Å²) in [4.78, 5) is 26.4. The number of amides is 1. The van der Waals surface area contributed by atoms with Crippen molar-refractivity contribution in [1.82, 2.24) is 9.97 Å². The van der Waals surface area contributed by atoms with Gasteiger partial charge in [0.25, 0.3) is 0 Å². The Hall–Kier alpha value is -2.83. The van der Waals surface area contributed by atoms with Gasteiger partial charge in [0.2, 0.25) is 11.9 Å². The van der Waals surface area contributed by atoms with Gasteiger partial charge in [-0.2, -0.15) is 4.98 Å². The zero-order valence-electron chi connectivity index (χ0n) is 16.8. The lowest BCUT2D eigenvalue weighted by Crippen LogP contribution is -2.45. The second-order valence-electron chi connectivity index (χ2n) is 8.46. The van der Waals surface area contributed by atoms with Gasteiger partial charge in [0.15, 0.2) is 5.82 Å². The molecule has 0 unspecified atom stereocenters. The first-order valence-electron chi connectivity index (χ1n) is 9.89. The van der Waals surface area contributed by atoms with Crippen molar-refractivity contribution in [3.05, 3.63) is 30.5 Å². The minimum Gasteiger partial charge on any atom is -0.399 e. The molecule has 1 aromatic heterocycles. The molecule has 0 bridgehead atoms. The molecule has 1 saturated carbocycles. The summed E-state index contributed by atoms with van der Waals surface area (Å²) in [5.41, 5.74) is 7.64. The highest BCUT2D eigenvalue weighted by Gasteiger charge is 2.41. The van der Waals surface area contributed by atoms with E-state index in [1.807, 2.05) is 45.2 Å². The number of aromatic nitrogens is 2. The summed E-state index contributed by atoms with van der Waals surface area (Å²) in [6.07, 6.45) is 6.48. The number of carbonyl (C=O) groups excluding carboxylic acids is 1. The van der Waals surface area contributed by atoms with E-state index >= 15 is 0 Å². The number of hydrogen-bond acceptors (Lipinski definition) is 6. The highest BCUT2D eigenvalue weighted by Crippen LogP contribution is 2.40. The van der Waals surface area contributed by atoms with Crippen molar-refractivity contribution in [1.29, 1.82) is 0 Å². The van der Waals surface area contributed by atoms with E-state index in [1.165, 1.54) is 12.8 Å². The van der Waals surface area contributed by atoms with Gasteiger partial charge < -0.3 is 20.9 Å². The summed E-state index contributed by atoms with van der Waals surface area (Å²) in [7, 11) is 1.82. The molecule has 0 saturated heterocycles. The molecule has 0 spiro atoms. The third-order valence-electron chi connectivity index (χ3n) is 5.76. The van der Waals surface area contributed by atoms with E-state index in [0.717, 1.165) is 30.0 Å². The fourth-order valence-electron chi connectivity index (χ4n) is 4.22. The number of nitrogens with two attached hydrogens (primary N) is 1. The van der Waals surface area contributed by atoms with Crippen LogP contribution in [0.5, 0.6) is 0 Å². The lowest BCUT2D eigenvalue weighted by molar-refractivity contribution is -0.125. The van der Waals surface area contributed by atoms with Crippen molar-refractivity contribution < 1.29 is 4.79 Å².